The number of fused-ring (bicyclic) bond motifs is 1. The lowest BCUT2D eigenvalue weighted by Gasteiger charge is -2.20. The van der Waals surface area contributed by atoms with Crippen LogP contribution >= 0.6 is 0 Å². The van der Waals surface area contributed by atoms with Crippen molar-refractivity contribution in [3.8, 4) is 0 Å². The average Bonchev–Trinajstić information content (AvgIpc) is 2.96. The Hall–Kier alpha value is -2.62. The third-order valence-corrected chi connectivity index (χ3v) is 3.78. The van der Waals surface area contributed by atoms with Gasteiger partial charge in [0.15, 0.2) is 0 Å². The second-order valence-corrected chi connectivity index (χ2v) is 5.25. The summed E-state index contributed by atoms with van der Waals surface area (Å²) in [6, 6.07) is 15.8. The molecule has 0 bridgehead atoms. The van der Waals surface area contributed by atoms with Gasteiger partial charge in [-0.15, -0.1) is 0 Å². The predicted octanol–water partition coefficient (Wildman–Crippen LogP) is 2.93. The minimum Gasteiger partial charge on any atom is -0.337 e. The number of imidazole rings is 1. The summed E-state index contributed by atoms with van der Waals surface area (Å²) in [5.74, 6) is 0.139. The first-order valence-corrected chi connectivity index (χ1v) is 7.50. The number of nitrogens with zero attached hydrogens (tertiary/aromatic N) is 3. The molecule has 0 radical (unpaired) electrons. The molecule has 4 heteroatoms. The van der Waals surface area contributed by atoms with Crippen LogP contribution in [0.15, 0.2) is 60.9 Å². The van der Waals surface area contributed by atoms with Crippen LogP contribution < -0.4 is 0 Å². The molecule has 4 nitrogen and oxygen atoms in total. The Morgan fingerprint density at radius 3 is 2.68 bits per heavy atom. The number of likely N-dealkylation sites (N-methyl/N-ethyl adjacent to an activating group) is 1. The second kappa shape index (κ2) is 6.43. The van der Waals surface area contributed by atoms with Gasteiger partial charge in [-0.2, -0.15) is 0 Å². The van der Waals surface area contributed by atoms with Gasteiger partial charge in [-0.1, -0.05) is 36.4 Å². The summed E-state index contributed by atoms with van der Waals surface area (Å²) < 4.78 is 2.03. The van der Waals surface area contributed by atoms with Gasteiger partial charge < -0.3 is 9.30 Å². The van der Waals surface area contributed by atoms with E-state index in [2.05, 4.69) is 4.98 Å². The summed E-state index contributed by atoms with van der Waals surface area (Å²) in [5, 5.41) is 0. The third kappa shape index (κ3) is 3.01. The van der Waals surface area contributed by atoms with Crippen LogP contribution in [0.4, 0.5) is 0 Å². The summed E-state index contributed by atoms with van der Waals surface area (Å²) in [6.07, 6.45) is 4.26. The number of carbonyl (C=O) groups is 1. The fraction of sp³-hybridized carbons (Fsp3) is 0.222. The quantitative estimate of drug-likeness (QED) is 0.725. The SMILES string of the molecule is CCN(Cc1cnc2ccccn12)C(=O)Cc1ccccc1. The first kappa shape index (κ1) is 14.3. The highest BCUT2D eigenvalue weighted by Crippen LogP contribution is 2.11. The summed E-state index contributed by atoms with van der Waals surface area (Å²) in [5.41, 5.74) is 2.98. The fourth-order valence-electron chi connectivity index (χ4n) is 2.56. The van der Waals surface area contributed by atoms with Crippen molar-refractivity contribution in [1.82, 2.24) is 14.3 Å². The molecule has 0 unspecified atom stereocenters. The lowest BCUT2D eigenvalue weighted by molar-refractivity contribution is -0.130. The lowest BCUT2D eigenvalue weighted by atomic mass is 10.1. The Morgan fingerprint density at radius 1 is 1.14 bits per heavy atom. The maximum Gasteiger partial charge on any atom is 0.227 e. The molecule has 0 fully saturated rings. The highest BCUT2D eigenvalue weighted by molar-refractivity contribution is 5.78. The molecule has 0 aliphatic carbocycles. The smallest absolute Gasteiger partial charge is 0.227 e. The van der Waals surface area contributed by atoms with Crippen LogP contribution in [0.2, 0.25) is 0 Å². The van der Waals surface area contributed by atoms with Crippen molar-refractivity contribution >= 4 is 11.6 Å². The van der Waals surface area contributed by atoms with Crippen molar-refractivity contribution in [2.45, 2.75) is 19.9 Å². The van der Waals surface area contributed by atoms with Crippen LogP contribution in [0.3, 0.4) is 0 Å². The van der Waals surface area contributed by atoms with Gasteiger partial charge in [0, 0.05) is 12.7 Å². The van der Waals surface area contributed by atoms with Gasteiger partial charge in [0.05, 0.1) is 24.9 Å². The van der Waals surface area contributed by atoms with E-state index in [9.17, 15) is 4.79 Å². The minimum atomic E-state index is 0.139. The topological polar surface area (TPSA) is 37.6 Å². The number of carbonyl (C=O) groups excluding carboxylic acids is 1. The molecule has 1 amide bonds. The largest absolute Gasteiger partial charge is 0.337 e. The highest BCUT2D eigenvalue weighted by Gasteiger charge is 2.14. The molecule has 0 saturated carbocycles. The van der Waals surface area contributed by atoms with Crippen LogP contribution in [0, 0.1) is 0 Å². The molecule has 1 aromatic carbocycles. The molecule has 3 aromatic rings. The maximum atomic E-state index is 12.5. The monoisotopic (exact) mass is 293 g/mol. The molecule has 0 N–H and O–H groups in total. The molecule has 0 aliphatic heterocycles. The zero-order valence-corrected chi connectivity index (χ0v) is 12.6. The van der Waals surface area contributed by atoms with Crippen molar-refractivity contribution in [2.75, 3.05) is 6.54 Å². The maximum absolute atomic E-state index is 12.5. The van der Waals surface area contributed by atoms with Gasteiger partial charge in [-0.25, -0.2) is 4.98 Å². The van der Waals surface area contributed by atoms with E-state index in [-0.39, 0.29) is 5.91 Å². The Labute approximate surface area is 130 Å². The molecule has 22 heavy (non-hydrogen) atoms. The van der Waals surface area contributed by atoms with E-state index in [0.717, 1.165) is 16.9 Å². The molecule has 3 rings (SSSR count). The Bertz CT molecular complexity index is 764. The Kier molecular flexibility index (Phi) is 4.19. The van der Waals surface area contributed by atoms with E-state index in [4.69, 9.17) is 0 Å². The van der Waals surface area contributed by atoms with Crippen LogP contribution in [-0.2, 0) is 17.8 Å². The van der Waals surface area contributed by atoms with E-state index >= 15 is 0 Å². The van der Waals surface area contributed by atoms with Gasteiger partial charge in [0.25, 0.3) is 0 Å². The van der Waals surface area contributed by atoms with Gasteiger partial charge in [-0.3, -0.25) is 4.79 Å². The molecular formula is C18H19N3O. The summed E-state index contributed by atoms with van der Waals surface area (Å²) >= 11 is 0. The third-order valence-electron chi connectivity index (χ3n) is 3.78. The first-order valence-electron chi connectivity index (χ1n) is 7.50. The molecule has 0 aliphatic rings. The van der Waals surface area contributed by atoms with Crippen molar-refractivity contribution in [3.63, 3.8) is 0 Å². The molecule has 2 heterocycles. The number of rotatable bonds is 5. The molecule has 2 aromatic heterocycles. The van der Waals surface area contributed by atoms with Crippen molar-refractivity contribution in [3.05, 3.63) is 72.2 Å². The molecule has 0 saturated heterocycles. The van der Waals surface area contributed by atoms with Crippen LogP contribution in [-0.4, -0.2) is 26.7 Å². The van der Waals surface area contributed by atoms with Gasteiger partial charge in [0.2, 0.25) is 5.91 Å². The van der Waals surface area contributed by atoms with E-state index in [1.54, 1.807) is 0 Å². The Morgan fingerprint density at radius 2 is 1.91 bits per heavy atom. The number of hydrogen-bond donors (Lipinski definition) is 0. The predicted molar refractivity (Wildman–Crippen MR) is 86.4 cm³/mol. The van der Waals surface area contributed by atoms with Crippen molar-refractivity contribution < 1.29 is 4.79 Å². The Balaban J connectivity index is 1.75. The lowest BCUT2D eigenvalue weighted by Crippen LogP contribution is -2.32. The molecule has 0 atom stereocenters. The molecule has 112 valence electrons. The zero-order valence-electron chi connectivity index (χ0n) is 12.6. The van der Waals surface area contributed by atoms with E-state index in [0.29, 0.717) is 19.5 Å². The number of benzene rings is 1. The van der Waals surface area contributed by atoms with E-state index in [1.165, 1.54) is 0 Å². The minimum absolute atomic E-state index is 0.139. The average molecular weight is 293 g/mol. The zero-order chi connectivity index (χ0) is 15.4. The first-order chi connectivity index (χ1) is 10.8. The summed E-state index contributed by atoms with van der Waals surface area (Å²) in [4.78, 5) is 18.7. The van der Waals surface area contributed by atoms with E-state index in [1.807, 2.05) is 77.1 Å². The number of pyridine rings is 1. The number of hydrogen-bond acceptors (Lipinski definition) is 2. The standard InChI is InChI=1S/C18H19N3O/c1-2-20(18(22)12-15-8-4-3-5-9-15)14-16-13-19-17-10-6-7-11-21(16)17/h3-11,13H,2,12,14H2,1H3. The van der Waals surface area contributed by atoms with Gasteiger partial charge in [-0.05, 0) is 24.6 Å². The fourth-order valence-corrected chi connectivity index (χ4v) is 2.56. The van der Waals surface area contributed by atoms with Crippen LogP contribution in [0.1, 0.15) is 18.2 Å². The normalized spacial score (nSPS) is 10.8. The second-order valence-electron chi connectivity index (χ2n) is 5.25. The molecule has 0 spiro atoms. The van der Waals surface area contributed by atoms with Crippen LogP contribution in [0.5, 0.6) is 0 Å². The summed E-state index contributed by atoms with van der Waals surface area (Å²) in [7, 11) is 0. The molecular weight excluding hydrogens is 274 g/mol. The van der Waals surface area contributed by atoms with Crippen molar-refractivity contribution in [1.29, 1.82) is 0 Å². The van der Waals surface area contributed by atoms with Crippen LogP contribution in [0.25, 0.3) is 5.65 Å². The highest BCUT2D eigenvalue weighted by atomic mass is 16.2. The van der Waals surface area contributed by atoms with Crippen molar-refractivity contribution in [2.24, 2.45) is 0 Å². The number of aromatic nitrogens is 2. The van der Waals surface area contributed by atoms with Gasteiger partial charge in [0.1, 0.15) is 5.65 Å². The van der Waals surface area contributed by atoms with Gasteiger partial charge >= 0.3 is 0 Å². The summed E-state index contributed by atoms with van der Waals surface area (Å²) in [6.45, 7) is 3.27. The number of amides is 1. The van der Waals surface area contributed by atoms with E-state index < -0.39 is 0 Å².